The molecule has 4 nitrogen and oxygen atoms in total. The summed E-state index contributed by atoms with van der Waals surface area (Å²) in [6, 6.07) is 10.9. The summed E-state index contributed by atoms with van der Waals surface area (Å²) in [7, 11) is 0. The summed E-state index contributed by atoms with van der Waals surface area (Å²) in [5.41, 5.74) is 8.75. The molecule has 0 unspecified atom stereocenters. The van der Waals surface area contributed by atoms with Crippen LogP contribution in [0.3, 0.4) is 0 Å². The van der Waals surface area contributed by atoms with E-state index >= 15 is 0 Å². The van der Waals surface area contributed by atoms with E-state index in [1.54, 1.807) is 18.2 Å². The second kappa shape index (κ2) is 6.50. The third-order valence-electron chi connectivity index (χ3n) is 2.96. The van der Waals surface area contributed by atoms with Crippen LogP contribution in [0, 0.1) is 13.8 Å². The normalized spacial score (nSPS) is 10.2. The fourth-order valence-corrected chi connectivity index (χ4v) is 2.02. The quantitative estimate of drug-likeness (QED) is 0.849. The number of aryl methyl sites for hydroxylation is 2. The van der Waals surface area contributed by atoms with Gasteiger partial charge in [-0.2, -0.15) is 0 Å². The number of carbonyl (C=O) groups excluding carboxylic acids is 1. The number of hydrogen-bond donors (Lipinski definition) is 2. The average molecular weight is 305 g/mol. The van der Waals surface area contributed by atoms with Gasteiger partial charge in [-0.1, -0.05) is 23.7 Å². The Morgan fingerprint density at radius 1 is 1.29 bits per heavy atom. The molecule has 2 aromatic carbocycles. The van der Waals surface area contributed by atoms with Crippen molar-refractivity contribution in [2.75, 3.05) is 17.7 Å². The first-order valence-electron chi connectivity index (χ1n) is 6.50. The van der Waals surface area contributed by atoms with E-state index in [4.69, 9.17) is 22.1 Å². The van der Waals surface area contributed by atoms with E-state index in [-0.39, 0.29) is 12.5 Å². The molecule has 0 aliphatic heterocycles. The van der Waals surface area contributed by atoms with Crippen LogP contribution < -0.4 is 15.8 Å². The zero-order valence-electron chi connectivity index (χ0n) is 11.9. The molecule has 0 spiro atoms. The lowest BCUT2D eigenvalue weighted by Crippen LogP contribution is -2.20. The summed E-state index contributed by atoms with van der Waals surface area (Å²) >= 11 is 6.02. The minimum atomic E-state index is -0.289. The van der Waals surface area contributed by atoms with Gasteiger partial charge in [-0.05, 0) is 49.2 Å². The lowest BCUT2D eigenvalue weighted by Gasteiger charge is -2.11. The van der Waals surface area contributed by atoms with Crippen molar-refractivity contribution >= 4 is 28.9 Å². The number of nitrogens with one attached hydrogen (secondary N) is 1. The highest BCUT2D eigenvalue weighted by molar-refractivity contribution is 6.31. The van der Waals surface area contributed by atoms with Crippen molar-refractivity contribution in [3.63, 3.8) is 0 Å². The Kier molecular flexibility index (Phi) is 4.70. The molecule has 0 saturated carbocycles. The molecule has 0 bridgehead atoms. The Labute approximate surface area is 128 Å². The van der Waals surface area contributed by atoms with Crippen LogP contribution in [0.4, 0.5) is 11.4 Å². The molecule has 3 N–H and O–H groups in total. The lowest BCUT2D eigenvalue weighted by atomic mass is 10.2. The molecule has 5 heteroatoms. The van der Waals surface area contributed by atoms with E-state index in [0.29, 0.717) is 22.1 Å². The number of halogens is 1. The molecule has 1 amide bonds. The van der Waals surface area contributed by atoms with Crippen LogP contribution in [0.1, 0.15) is 11.1 Å². The molecule has 21 heavy (non-hydrogen) atoms. The average Bonchev–Trinajstić information content (AvgIpc) is 2.43. The summed E-state index contributed by atoms with van der Waals surface area (Å²) in [5.74, 6) is 0.364. The Hall–Kier alpha value is -2.20. The first-order valence-corrected chi connectivity index (χ1v) is 6.88. The molecule has 0 aliphatic carbocycles. The standard InChI is InChI=1S/C16H17ClN2O2/c1-10-4-3-5-12(6-10)21-9-16(20)19-15-8-13(17)11(2)7-14(15)18/h3-8H,9,18H2,1-2H3,(H,19,20). The molecule has 2 rings (SSSR count). The zero-order valence-corrected chi connectivity index (χ0v) is 12.7. The first kappa shape index (κ1) is 15.2. The van der Waals surface area contributed by atoms with Gasteiger partial charge in [0.25, 0.3) is 5.91 Å². The monoisotopic (exact) mass is 304 g/mol. The third-order valence-corrected chi connectivity index (χ3v) is 3.37. The predicted molar refractivity (Wildman–Crippen MR) is 85.9 cm³/mol. The Morgan fingerprint density at radius 2 is 2.05 bits per heavy atom. The molecule has 0 heterocycles. The molecule has 0 aromatic heterocycles. The maximum absolute atomic E-state index is 11.9. The Balaban J connectivity index is 1.97. The lowest BCUT2D eigenvalue weighted by molar-refractivity contribution is -0.118. The van der Waals surface area contributed by atoms with Crippen LogP contribution in [0.2, 0.25) is 5.02 Å². The molecule has 0 saturated heterocycles. The van der Waals surface area contributed by atoms with E-state index in [1.807, 2.05) is 32.0 Å². The van der Waals surface area contributed by atoms with Crippen LogP contribution in [0.25, 0.3) is 0 Å². The van der Waals surface area contributed by atoms with Gasteiger partial charge in [0.05, 0.1) is 11.4 Å². The van der Waals surface area contributed by atoms with Gasteiger partial charge in [0.2, 0.25) is 0 Å². The fraction of sp³-hybridized carbons (Fsp3) is 0.188. The first-order chi connectivity index (χ1) is 9.95. The molecule has 0 atom stereocenters. The Morgan fingerprint density at radius 3 is 2.76 bits per heavy atom. The number of amides is 1. The number of hydrogen-bond acceptors (Lipinski definition) is 3. The van der Waals surface area contributed by atoms with Crippen molar-refractivity contribution in [1.82, 2.24) is 0 Å². The highest BCUT2D eigenvalue weighted by atomic mass is 35.5. The number of nitrogen functional groups attached to an aromatic ring is 1. The molecule has 0 fully saturated rings. The SMILES string of the molecule is Cc1cccc(OCC(=O)Nc2cc(Cl)c(C)cc2N)c1. The van der Waals surface area contributed by atoms with Crippen molar-refractivity contribution in [2.24, 2.45) is 0 Å². The van der Waals surface area contributed by atoms with Gasteiger partial charge in [-0.15, -0.1) is 0 Å². The molecule has 110 valence electrons. The van der Waals surface area contributed by atoms with Gasteiger partial charge < -0.3 is 15.8 Å². The van der Waals surface area contributed by atoms with Crippen molar-refractivity contribution in [2.45, 2.75) is 13.8 Å². The van der Waals surface area contributed by atoms with E-state index in [2.05, 4.69) is 5.32 Å². The second-order valence-corrected chi connectivity index (χ2v) is 5.25. The van der Waals surface area contributed by atoms with Gasteiger partial charge in [0.15, 0.2) is 6.61 Å². The van der Waals surface area contributed by atoms with Gasteiger partial charge in [0.1, 0.15) is 5.75 Å². The molecular weight excluding hydrogens is 288 g/mol. The summed E-state index contributed by atoms with van der Waals surface area (Å²) in [4.78, 5) is 11.9. The molecule has 0 aliphatic rings. The number of carbonyl (C=O) groups is 1. The van der Waals surface area contributed by atoms with E-state index in [0.717, 1.165) is 11.1 Å². The summed E-state index contributed by atoms with van der Waals surface area (Å²) in [6.07, 6.45) is 0. The summed E-state index contributed by atoms with van der Waals surface area (Å²) < 4.78 is 5.43. The van der Waals surface area contributed by atoms with Crippen LogP contribution in [-0.2, 0) is 4.79 Å². The molecule has 2 aromatic rings. The maximum atomic E-state index is 11.9. The van der Waals surface area contributed by atoms with Crippen LogP contribution >= 0.6 is 11.6 Å². The highest BCUT2D eigenvalue weighted by Gasteiger charge is 2.08. The van der Waals surface area contributed by atoms with Gasteiger partial charge in [0, 0.05) is 5.02 Å². The van der Waals surface area contributed by atoms with Crippen molar-refractivity contribution in [3.8, 4) is 5.75 Å². The second-order valence-electron chi connectivity index (χ2n) is 4.84. The van der Waals surface area contributed by atoms with Gasteiger partial charge >= 0.3 is 0 Å². The number of nitrogens with two attached hydrogens (primary N) is 1. The van der Waals surface area contributed by atoms with E-state index in [1.165, 1.54) is 0 Å². The minimum absolute atomic E-state index is 0.0889. The topological polar surface area (TPSA) is 64.3 Å². The fourth-order valence-electron chi connectivity index (χ4n) is 1.85. The van der Waals surface area contributed by atoms with E-state index in [9.17, 15) is 4.79 Å². The molecule has 0 radical (unpaired) electrons. The largest absolute Gasteiger partial charge is 0.484 e. The van der Waals surface area contributed by atoms with Crippen molar-refractivity contribution in [3.05, 3.63) is 52.5 Å². The number of rotatable bonds is 4. The van der Waals surface area contributed by atoms with Crippen LogP contribution in [0.5, 0.6) is 5.75 Å². The number of ether oxygens (including phenoxy) is 1. The van der Waals surface area contributed by atoms with Crippen LogP contribution in [0.15, 0.2) is 36.4 Å². The number of benzene rings is 2. The third kappa shape index (κ3) is 4.13. The zero-order chi connectivity index (χ0) is 15.4. The van der Waals surface area contributed by atoms with Crippen molar-refractivity contribution < 1.29 is 9.53 Å². The smallest absolute Gasteiger partial charge is 0.262 e. The van der Waals surface area contributed by atoms with Gasteiger partial charge in [-0.25, -0.2) is 0 Å². The summed E-state index contributed by atoms with van der Waals surface area (Å²) in [5, 5.41) is 3.24. The highest BCUT2D eigenvalue weighted by Crippen LogP contribution is 2.26. The maximum Gasteiger partial charge on any atom is 0.262 e. The predicted octanol–water partition coefficient (Wildman–Crippen LogP) is 3.56. The minimum Gasteiger partial charge on any atom is -0.484 e. The number of anilines is 2. The van der Waals surface area contributed by atoms with E-state index < -0.39 is 0 Å². The molecular formula is C16H17ClN2O2. The van der Waals surface area contributed by atoms with Gasteiger partial charge in [-0.3, -0.25) is 4.79 Å². The van der Waals surface area contributed by atoms with Crippen LogP contribution in [-0.4, -0.2) is 12.5 Å². The summed E-state index contributed by atoms with van der Waals surface area (Å²) in [6.45, 7) is 3.72. The Bertz CT molecular complexity index is 671. The van der Waals surface area contributed by atoms with Crippen molar-refractivity contribution in [1.29, 1.82) is 0 Å².